The Labute approximate surface area is 128 Å². The van der Waals surface area contributed by atoms with Crippen LogP contribution < -0.4 is 10.6 Å². The Morgan fingerprint density at radius 1 is 1.32 bits per heavy atom. The second kappa shape index (κ2) is 4.53. The molecule has 98 valence electrons. The van der Waals surface area contributed by atoms with Crippen LogP contribution in [0.4, 0.5) is 0 Å². The smallest absolute Gasteiger partial charge is 0.124 e. The molecule has 0 saturated carbocycles. The van der Waals surface area contributed by atoms with Crippen molar-refractivity contribution >= 4 is 5.57 Å². The van der Waals surface area contributed by atoms with Gasteiger partial charge in [-0.15, -0.1) is 0 Å². The van der Waals surface area contributed by atoms with Gasteiger partial charge in [-0.05, 0) is 42.9 Å². The van der Waals surface area contributed by atoms with Crippen molar-refractivity contribution in [1.82, 2.24) is 10.6 Å². The summed E-state index contributed by atoms with van der Waals surface area (Å²) in [7, 11) is 0. The molecule has 4 atom stereocenters. The van der Waals surface area contributed by atoms with E-state index in [2.05, 4.69) is 5.32 Å². The zero-order chi connectivity index (χ0) is 21.6. The van der Waals surface area contributed by atoms with Crippen LogP contribution >= 0.6 is 0 Å². The number of hydrogen-bond acceptors (Lipinski definition) is 2. The van der Waals surface area contributed by atoms with Gasteiger partial charge in [0.15, 0.2) is 0 Å². The number of rotatable bonds is 1. The molecule has 1 aromatic carbocycles. The third kappa shape index (κ3) is 1.91. The van der Waals surface area contributed by atoms with Gasteiger partial charge in [0.1, 0.15) is 1.41 Å². The topological polar surface area (TPSA) is 24.1 Å². The molecular weight excluding hydrogens is 232 g/mol. The summed E-state index contributed by atoms with van der Waals surface area (Å²) < 4.78 is 83.7. The van der Waals surface area contributed by atoms with E-state index in [0.717, 1.165) is 5.56 Å². The van der Waals surface area contributed by atoms with Crippen molar-refractivity contribution in [3.05, 3.63) is 53.7 Å². The van der Waals surface area contributed by atoms with E-state index in [1.807, 2.05) is 6.07 Å². The third-order valence-corrected chi connectivity index (χ3v) is 3.43. The summed E-state index contributed by atoms with van der Waals surface area (Å²) in [5, 5.41) is 2.92. The van der Waals surface area contributed by atoms with E-state index >= 15 is 0 Å². The molecule has 2 heteroatoms. The molecule has 2 N–H and O–H groups in total. The van der Waals surface area contributed by atoms with Gasteiger partial charge in [0.05, 0.1) is 6.17 Å². The standard InChI is InChI=1S/C17H20N2/c1-2-5-12(6-3-1)13-8-9-14-15-7-4-10-18-17(15)19-16(14)11-13/h1-3,5-6,8,11,14-15,17-19H,4,7,9-10H2/i4D2,7D2,9D,10D2,14D,15D/hD. The van der Waals surface area contributed by atoms with E-state index in [9.17, 15) is 0 Å². The van der Waals surface area contributed by atoms with Gasteiger partial charge in [0, 0.05) is 29.8 Å². The molecule has 0 radical (unpaired) electrons. The van der Waals surface area contributed by atoms with E-state index in [4.69, 9.17) is 13.7 Å². The number of allylic oxidation sites excluding steroid dienone is 4. The average molecular weight is 262 g/mol. The molecule has 2 saturated heterocycles. The maximum atomic E-state index is 8.98. The Morgan fingerprint density at radius 2 is 2.21 bits per heavy atom. The fourth-order valence-corrected chi connectivity index (χ4v) is 2.50. The lowest BCUT2D eigenvalue weighted by molar-refractivity contribution is 0.258. The highest BCUT2D eigenvalue weighted by atomic mass is 15.2. The molecule has 2 aliphatic heterocycles. The van der Waals surface area contributed by atoms with E-state index in [1.165, 1.54) is 12.2 Å². The van der Waals surface area contributed by atoms with Crippen LogP contribution in [0.3, 0.4) is 0 Å². The highest BCUT2D eigenvalue weighted by Crippen LogP contribution is 2.41. The number of fused-ring (bicyclic) bond motifs is 3. The van der Waals surface area contributed by atoms with Crippen molar-refractivity contribution in [2.75, 3.05) is 6.50 Å². The molecule has 2 heterocycles. The van der Waals surface area contributed by atoms with Crippen molar-refractivity contribution in [3.8, 4) is 0 Å². The van der Waals surface area contributed by atoms with Crippen LogP contribution in [0.25, 0.3) is 5.57 Å². The first-order chi connectivity index (χ1) is 13.2. The molecule has 4 unspecified atom stereocenters. The van der Waals surface area contributed by atoms with Gasteiger partial charge in [0.2, 0.25) is 0 Å². The number of benzene rings is 1. The molecule has 1 aliphatic carbocycles. The number of hydrogen-bond donors (Lipinski definition) is 2. The second-order valence-corrected chi connectivity index (χ2v) is 4.58. The molecular formula is C17H20N2. The van der Waals surface area contributed by atoms with Crippen LogP contribution in [0.5, 0.6) is 0 Å². The Morgan fingerprint density at radius 3 is 3.11 bits per heavy atom. The van der Waals surface area contributed by atoms with Crippen LogP contribution in [0.1, 0.15) is 37.0 Å². The van der Waals surface area contributed by atoms with Crippen LogP contribution in [0.2, 0.25) is 1.41 Å². The minimum Gasteiger partial charge on any atom is -0.373 e. The Balaban J connectivity index is 1.92. The summed E-state index contributed by atoms with van der Waals surface area (Å²) in [6, 6.07) is 9.04. The lowest BCUT2D eigenvalue weighted by atomic mass is 9.80. The monoisotopic (exact) mass is 262 g/mol. The van der Waals surface area contributed by atoms with Gasteiger partial charge in [-0.3, -0.25) is 5.31 Å². The Bertz CT molecular complexity index is 914. The largest absolute Gasteiger partial charge is 0.373 e. The molecule has 1 aromatic rings. The molecule has 2 fully saturated rings. The minimum atomic E-state index is -3.27. The zero-order valence-corrected chi connectivity index (χ0v) is 10.1. The van der Waals surface area contributed by atoms with Crippen molar-refractivity contribution in [2.45, 2.75) is 25.3 Å². The first-order valence-electron chi connectivity index (χ1n) is 11.2. The van der Waals surface area contributed by atoms with Crippen LogP contribution in [0, 0.1) is 11.8 Å². The number of piperidine rings is 1. The summed E-state index contributed by atoms with van der Waals surface area (Å²) in [4.78, 5) is 0. The lowest BCUT2D eigenvalue weighted by Crippen LogP contribution is -2.45. The highest BCUT2D eigenvalue weighted by Gasteiger charge is 2.40. The minimum absolute atomic E-state index is 0.00785. The molecule has 0 aromatic heterocycles. The van der Waals surface area contributed by atoms with Gasteiger partial charge >= 0.3 is 0 Å². The molecule has 0 spiro atoms. The molecule has 2 nitrogen and oxygen atoms in total. The Kier molecular flexibility index (Phi) is 1.22. The Hall–Kier alpha value is -1.54. The fourth-order valence-electron chi connectivity index (χ4n) is 2.50. The molecule has 4 rings (SSSR count). The van der Waals surface area contributed by atoms with E-state index in [0.29, 0.717) is 5.57 Å². The lowest BCUT2D eigenvalue weighted by Gasteiger charge is -2.29. The summed E-state index contributed by atoms with van der Waals surface area (Å²) in [6.45, 7) is -3.06. The maximum Gasteiger partial charge on any atom is 0.124 e. The van der Waals surface area contributed by atoms with Crippen molar-refractivity contribution < 1.29 is 13.7 Å². The zero-order valence-electron chi connectivity index (χ0n) is 20.1. The summed E-state index contributed by atoms with van der Waals surface area (Å²) in [5.41, 5.74) is 1.35. The third-order valence-electron chi connectivity index (χ3n) is 3.43. The summed E-state index contributed by atoms with van der Waals surface area (Å²) >= 11 is 0. The normalized spacial score (nSPS) is 61.1. The van der Waals surface area contributed by atoms with Crippen LogP contribution in [0.15, 0.2) is 48.2 Å². The van der Waals surface area contributed by atoms with Crippen LogP contribution in [-0.4, -0.2) is 12.7 Å². The predicted octanol–water partition coefficient (Wildman–Crippen LogP) is 2.90. The predicted molar refractivity (Wildman–Crippen MR) is 78.3 cm³/mol. The van der Waals surface area contributed by atoms with Gasteiger partial charge < -0.3 is 5.32 Å². The molecule has 3 aliphatic rings. The van der Waals surface area contributed by atoms with E-state index in [1.54, 1.807) is 24.3 Å². The fraction of sp³-hybridized carbons (Fsp3) is 0.412. The SMILES string of the molecule is [2H]C1C=C(c2ccccc2)C=C2NC3N([2H])C([2H])([2H])C([2H])([2H])C([2H])([2H])C3([2H])C21[2H]. The van der Waals surface area contributed by atoms with Gasteiger partial charge in [-0.25, -0.2) is 0 Å². The average Bonchev–Trinajstić information content (AvgIpc) is 2.91. The summed E-state index contributed by atoms with van der Waals surface area (Å²) in [5.74, 6) is -4.92. The molecule has 0 bridgehead atoms. The molecule has 0 amide bonds. The van der Waals surface area contributed by atoms with Gasteiger partial charge in [-0.1, -0.05) is 36.4 Å². The number of nitrogens with one attached hydrogen (secondary N) is 2. The van der Waals surface area contributed by atoms with Crippen LogP contribution in [-0.2, 0) is 0 Å². The quantitative estimate of drug-likeness (QED) is 0.813. The highest BCUT2D eigenvalue weighted by molar-refractivity contribution is 5.76. The van der Waals surface area contributed by atoms with Gasteiger partial charge in [-0.2, -0.15) is 0 Å². The second-order valence-electron chi connectivity index (χ2n) is 4.58. The van der Waals surface area contributed by atoms with E-state index < -0.39 is 43.6 Å². The van der Waals surface area contributed by atoms with Crippen molar-refractivity contribution in [2.24, 2.45) is 11.8 Å². The molecule has 19 heavy (non-hydrogen) atoms. The first-order valence-corrected chi connectivity index (χ1v) is 6.21. The summed E-state index contributed by atoms with van der Waals surface area (Å²) in [6.07, 6.45) is -6.60. The van der Waals surface area contributed by atoms with Crippen molar-refractivity contribution in [1.29, 1.82) is 0 Å². The first kappa shape index (κ1) is 5.10. The van der Waals surface area contributed by atoms with E-state index in [-0.39, 0.29) is 11.0 Å². The maximum absolute atomic E-state index is 8.98. The van der Waals surface area contributed by atoms with Gasteiger partial charge in [0.25, 0.3) is 0 Å². The van der Waals surface area contributed by atoms with Crippen molar-refractivity contribution in [3.63, 3.8) is 0 Å².